The van der Waals surface area contributed by atoms with Crippen molar-refractivity contribution < 1.29 is 24.3 Å². The number of carbonyl (C=O) groups is 4. The van der Waals surface area contributed by atoms with Crippen LogP contribution < -0.4 is 5.32 Å². The van der Waals surface area contributed by atoms with Gasteiger partial charge >= 0.3 is 5.97 Å². The average Bonchev–Trinajstić information content (AvgIpc) is 3.34. The van der Waals surface area contributed by atoms with Crippen LogP contribution in [0.15, 0.2) is 24.3 Å². The van der Waals surface area contributed by atoms with E-state index in [1.165, 1.54) is 12.1 Å². The lowest BCUT2D eigenvalue weighted by Gasteiger charge is -2.21. The van der Waals surface area contributed by atoms with Crippen LogP contribution in [0, 0.1) is 11.8 Å². The van der Waals surface area contributed by atoms with Gasteiger partial charge in [-0.05, 0) is 12.5 Å². The Labute approximate surface area is 132 Å². The molecule has 1 aliphatic heterocycles. The smallest absolute Gasteiger partial charge is 0.336 e. The third-order valence-corrected chi connectivity index (χ3v) is 4.74. The molecule has 6 nitrogen and oxygen atoms in total. The van der Waals surface area contributed by atoms with Crippen LogP contribution in [0.25, 0.3) is 0 Å². The number of carboxylic acids is 1. The van der Waals surface area contributed by atoms with Crippen molar-refractivity contribution >= 4 is 23.3 Å². The van der Waals surface area contributed by atoms with Crippen molar-refractivity contribution in [2.75, 3.05) is 0 Å². The Hall–Kier alpha value is -2.34. The molecule has 1 aromatic carbocycles. The molecule has 3 rings (SSSR count). The van der Waals surface area contributed by atoms with E-state index in [0.29, 0.717) is 6.42 Å². The van der Waals surface area contributed by atoms with Gasteiger partial charge in [0.15, 0.2) is 17.3 Å². The van der Waals surface area contributed by atoms with E-state index >= 15 is 0 Å². The van der Waals surface area contributed by atoms with Crippen molar-refractivity contribution in [3.8, 4) is 0 Å². The minimum atomic E-state index is -1.17. The summed E-state index contributed by atoms with van der Waals surface area (Å²) in [6.45, 7) is 1.64. The van der Waals surface area contributed by atoms with Crippen molar-refractivity contribution in [2.45, 2.75) is 31.8 Å². The van der Waals surface area contributed by atoms with E-state index in [1.807, 2.05) is 0 Å². The van der Waals surface area contributed by atoms with Crippen LogP contribution in [0.4, 0.5) is 0 Å². The standard InChI is InChI=1S/C17H17NO5/c1-8(9-6-7-12(19)13-14(18-13)16(9)21)15(20)10-4-2-3-5-11(10)17(22)23/h2-5,8-9,13-14,18H,6-7H2,1H3,(H,22,23)/t8-,9?,13?,14?/m1/s1. The second-order valence-electron chi connectivity index (χ2n) is 6.14. The fourth-order valence-corrected chi connectivity index (χ4v) is 3.30. The largest absolute Gasteiger partial charge is 0.478 e. The molecule has 4 atom stereocenters. The second-order valence-corrected chi connectivity index (χ2v) is 6.14. The number of rotatable bonds is 4. The van der Waals surface area contributed by atoms with Gasteiger partial charge in [-0.2, -0.15) is 0 Å². The van der Waals surface area contributed by atoms with Crippen LogP contribution in [-0.4, -0.2) is 40.5 Å². The Balaban J connectivity index is 1.86. The summed E-state index contributed by atoms with van der Waals surface area (Å²) in [6, 6.07) is 5.13. The predicted octanol–water partition coefficient (Wildman–Crippen LogP) is 1.09. The molecule has 2 N–H and O–H groups in total. The summed E-state index contributed by atoms with van der Waals surface area (Å²) < 4.78 is 0. The highest BCUT2D eigenvalue weighted by Crippen LogP contribution is 2.32. The van der Waals surface area contributed by atoms with Crippen LogP contribution in [0.5, 0.6) is 0 Å². The van der Waals surface area contributed by atoms with Gasteiger partial charge in [0.05, 0.1) is 17.6 Å². The van der Waals surface area contributed by atoms with E-state index in [-0.39, 0.29) is 40.9 Å². The lowest BCUT2D eigenvalue weighted by Crippen LogP contribution is -2.32. The maximum atomic E-state index is 12.7. The molecule has 0 spiro atoms. The highest BCUT2D eigenvalue weighted by atomic mass is 16.4. The van der Waals surface area contributed by atoms with Crippen LogP contribution in [-0.2, 0) is 9.59 Å². The number of hydrogen-bond acceptors (Lipinski definition) is 5. The normalized spacial score (nSPS) is 27.8. The lowest BCUT2D eigenvalue weighted by atomic mass is 9.80. The van der Waals surface area contributed by atoms with Crippen molar-refractivity contribution in [3.05, 3.63) is 35.4 Å². The Morgan fingerprint density at radius 1 is 1.17 bits per heavy atom. The molecule has 0 amide bonds. The molecule has 1 saturated carbocycles. The number of Topliss-reactive ketones (excluding diaryl/α,β-unsaturated/α-hetero) is 3. The zero-order chi connectivity index (χ0) is 16.7. The summed E-state index contributed by atoms with van der Waals surface area (Å²) in [5.74, 6) is -2.86. The third kappa shape index (κ3) is 2.70. The highest BCUT2D eigenvalue weighted by Gasteiger charge is 2.52. The van der Waals surface area contributed by atoms with Gasteiger partial charge < -0.3 is 5.11 Å². The molecule has 6 heteroatoms. The predicted molar refractivity (Wildman–Crippen MR) is 80.3 cm³/mol. The van der Waals surface area contributed by atoms with Crippen LogP contribution in [0.3, 0.4) is 0 Å². The molecule has 0 aromatic heterocycles. The molecule has 1 aromatic rings. The molecule has 2 fully saturated rings. The average molecular weight is 315 g/mol. The molecule has 23 heavy (non-hydrogen) atoms. The highest BCUT2D eigenvalue weighted by molar-refractivity contribution is 6.09. The maximum absolute atomic E-state index is 12.7. The molecular weight excluding hydrogens is 298 g/mol. The Bertz CT molecular complexity index is 711. The molecule has 3 unspecified atom stereocenters. The van der Waals surface area contributed by atoms with E-state index in [1.54, 1.807) is 19.1 Å². The zero-order valence-electron chi connectivity index (χ0n) is 12.6. The Morgan fingerprint density at radius 3 is 2.48 bits per heavy atom. The first-order valence-electron chi connectivity index (χ1n) is 7.61. The number of benzene rings is 1. The Morgan fingerprint density at radius 2 is 1.83 bits per heavy atom. The van der Waals surface area contributed by atoms with Gasteiger partial charge in [-0.3, -0.25) is 19.7 Å². The minimum Gasteiger partial charge on any atom is -0.478 e. The second kappa shape index (κ2) is 5.70. The maximum Gasteiger partial charge on any atom is 0.336 e. The summed E-state index contributed by atoms with van der Waals surface area (Å²) in [7, 11) is 0. The monoisotopic (exact) mass is 315 g/mol. The van der Waals surface area contributed by atoms with Gasteiger partial charge in [0.1, 0.15) is 0 Å². The number of aromatic carboxylic acids is 1. The molecule has 2 aliphatic rings. The third-order valence-electron chi connectivity index (χ3n) is 4.74. The number of carbonyl (C=O) groups excluding carboxylic acids is 3. The van der Waals surface area contributed by atoms with E-state index in [2.05, 4.69) is 5.32 Å². The van der Waals surface area contributed by atoms with Crippen LogP contribution in [0.2, 0.25) is 0 Å². The zero-order valence-corrected chi connectivity index (χ0v) is 12.6. The minimum absolute atomic E-state index is 0.0106. The summed E-state index contributed by atoms with van der Waals surface area (Å²) in [4.78, 5) is 48.2. The number of carboxylic acid groups (broad SMARTS) is 1. The summed E-state index contributed by atoms with van der Waals surface area (Å²) >= 11 is 0. The van der Waals surface area contributed by atoms with Crippen molar-refractivity contribution in [1.82, 2.24) is 5.32 Å². The molecule has 120 valence electrons. The van der Waals surface area contributed by atoms with E-state index in [4.69, 9.17) is 0 Å². The van der Waals surface area contributed by atoms with E-state index < -0.39 is 23.8 Å². The molecular formula is C17H17NO5. The first-order chi connectivity index (χ1) is 10.9. The topological polar surface area (TPSA) is 110 Å². The van der Waals surface area contributed by atoms with Gasteiger partial charge in [-0.15, -0.1) is 0 Å². The SMILES string of the molecule is C[C@@H](C(=O)c1ccccc1C(=O)O)C1CCC(=O)C2NC2C1=O. The number of ketones is 3. The van der Waals surface area contributed by atoms with Gasteiger partial charge in [0, 0.05) is 23.8 Å². The lowest BCUT2D eigenvalue weighted by molar-refractivity contribution is -0.123. The molecule has 1 heterocycles. The first-order valence-corrected chi connectivity index (χ1v) is 7.61. The van der Waals surface area contributed by atoms with Gasteiger partial charge in [-0.1, -0.05) is 25.1 Å². The fraction of sp³-hybridized carbons (Fsp3) is 0.412. The fourth-order valence-electron chi connectivity index (χ4n) is 3.30. The van der Waals surface area contributed by atoms with E-state index in [0.717, 1.165) is 0 Å². The summed E-state index contributed by atoms with van der Waals surface area (Å²) in [5, 5.41) is 12.1. The number of hydrogen-bond donors (Lipinski definition) is 2. The molecule has 0 radical (unpaired) electrons. The quantitative estimate of drug-likeness (QED) is 0.635. The van der Waals surface area contributed by atoms with Gasteiger partial charge in [0.25, 0.3) is 0 Å². The van der Waals surface area contributed by atoms with Crippen molar-refractivity contribution in [1.29, 1.82) is 0 Å². The number of nitrogens with one attached hydrogen (secondary N) is 1. The van der Waals surface area contributed by atoms with Crippen molar-refractivity contribution in [3.63, 3.8) is 0 Å². The molecule has 0 bridgehead atoms. The molecule has 1 aliphatic carbocycles. The number of fused-ring (bicyclic) bond motifs is 1. The van der Waals surface area contributed by atoms with Crippen LogP contribution in [0.1, 0.15) is 40.5 Å². The van der Waals surface area contributed by atoms with Gasteiger partial charge in [0.2, 0.25) is 0 Å². The summed E-state index contributed by atoms with van der Waals surface area (Å²) in [6.07, 6.45) is 0.608. The van der Waals surface area contributed by atoms with E-state index in [9.17, 15) is 24.3 Å². The van der Waals surface area contributed by atoms with Crippen LogP contribution >= 0.6 is 0 Å². The van der Waals surface area contributed by atoms with Crippen molar-refractivity contribution in [2.24, 2.45) is 11.8 Å². The van der Waals surface area contributed by atoms with Gasteiger partial charge in [-0.25, -0.2) is 4.79 Å². The Kier molecular flexibility index (Phi) is 3.85. The first kappa shape index (κ1) is 15.6. The molecule has 1 saturated heterocycles. The summed E-state index contributed by atoms with van der Waals surface area (Å²) in [5.41, 5.74) is 0.0418.